The number of likely N-dealkylation sites (tertiary alicyclic amines) is 1. The number of para-hydroxylation sites is 1. The summed E-state index contributed by atoms with van der Waals surface area (Å²) in [6, 6.07) is 13.1. The van der Waals surface area contributed by atoms with Crippen LogP contribution in [0.25, 0.3) is 21.1 Å². The molecule has 158 valence electrons. The highest BCUT2D eigenvalue weighted by Crippen LogP contribution is 2.29. The van der Waals surface area contributed by atoms with E-state index in [1.165, 1.54) is 11.3 Å². The number of thiazole rings is 1. The Bertz CT molecular complexity index is 1290. The molecule has 0 radical (unpaired) electrons. The Morgan fingerprint density at radius 2 is 1.97 bits per heavy atom. The third-order valence-corrected chi connectivity index (χ3v) is 6.32. The number of fused-ring (bicyclic) bond motifs is 2. The number of nitrogens with one attached hydrogen (secondary N) is 1. The second-order valence-corrected chi connectivity index (χ2v) is 8.45. The number of amides is 2. The molecule has 0 atom stereocenters. The van der Waals surface area contributed by atoms with E-state index >= 15 is 0 Å². The lowest BCUT2D eigenvalue weighted by Gasteiger charge is -2.13. The maximum absolute atomic E-state index is 12.9. The number of aromatic nitrogens is 3. The standard InChI is InChI=1S/C22H21N5O3S/c1-30-14-8-9-16-18(12-14)31-22(23-16)24-19(28)13-27-17-7-3-2-6-15(17)20(25-27)21(29)26-10-4-5-11-26/h2-3,6-9,12H,4-5,10-11,13H2,1H3,(H,23,24,28). The number of nitrogens with zero attached hydrogens (tertiary/aromatic N) is 4. The van der Waals surface area contributed by atoms with Gasteiger partial charge in [0, 0.05) is 18.5 Å². The molecule has 2 aromatic carbocycles. The predicted octanol–water partition coefficient (Wildman–Crippen LogP) is 3.53. The third kappa shape index (κ3) is 3.72. The van der Waals surface area contributed by atoms with Crippen molar-refractivity contribution in [2.45, 2.75) is 19.4 Å². The van der Waals surface area contributed by atoms with Crippen LogP contribution in [-0.4, -0.2) is 51.7 Å². The number of rotatable bonds is 5. The van der Waals surface area contributed by atoms with Crippen molar-refractivity contribution in [3.8, 4) is 5.75 Å². The van der Waals surface area contributed by atoms with Gasteiger partial charge in [0.25, 0.3) is 5.91 Å². The van der Waals surface area contributed by atoms with E-state index < -0.39 is 0 Å². The fourth-order valence-corrected chi connectivity index (χ4v) is 4.77. The van der Waals surface area contributed by atoms with Gasteiger partial charge in [-0.05, 0) is 37.1 Å². The molecule has 1 aliphatic rings. The lowest BCUT2D eigenvalue weighted by molar-refractivity contribution is -0.116. The summed E-state index contributed by atoms with van der Waals surface area (Å²) in [4.78, 5) is 32.0. The van der Waals surface area contributed by atoms with Gasteiger partial charge in [0.05, 0.1) is 22.8 Å². The highest BCUT2D eigenvalue weighted by Gasteiger charge is 2.25. The van der Waals surface area contributed by atoms with Gasteiger partial charge in [0.1, 0.15) is 12.3 Å². The fourth-order valence-electron chi connectivity index (χ4n) is 3.86. The van der Waals surface area contributed by atoms with Crippen LogP contribution in [0.2, 0.25) is 0 Å². The van der Waals surface area contributed by atoms with E-state index in [2.05, 4.69) is 15.4 Å². The van der Waals surface area contributed by atoms with Gasteiger partial charge in [0.15, 0.2) is 10.8 Å². The molecule has 1 N–H and O–H groups in total. The Morgan fingerprint density at radius 1 is 1.16 bits per heavy atom. The van der Waals surface area contributed by atoms with Crippen LogP contribution in [-0.2, 0) is 11.3 Å². The molecule has 31 heavy (non-hydrogen) atoms. The SMILES string of the molecule is COc1ccc2nc(NC(=O)Cn3nc(C(=O)N4CCCC4)c4ccccc43)sc2c1. The quantitative estimate of drug-likeness (QED) is 0.518. The van der Waals surface area contributed by atoms with Crippen molar-refractivity contribution in [1.82, 2.24) is 19.7 Å². The second-order valence-electron chi connectivity index (χ2n) is 7.42. The van der Waals surface area contributed by atoms with Gasteiger partial charge in [-0.15, -0.1) is 0 Å². The molecular weight excluding hydrogens is 414 g/mol. The Balaban J connectivity index is 1.38. The van der Waals surface area contributed by atoms with Crippen molar-refractivity contribution in [3.63, 3.8) is 0 Å². The van der Waals surface area contributed by atoms with Crippen LogP contribution >= 0.6 is 11.3 Å². The van der Waals surface area contributed by atoms with Crippen molar-refractivity contribution in [2.24, 2.45) is 0 Å². The van der Waals surface area contributed by atoms with Crippen LogP contribution in [0.3, 0.4) is 0 Å². The molecule has 0 saturated carbocycles. The minimum absolute atomic E-state index is 0.00691. The lowest BCUT2D eigenvalue weighted by atomic mass is 10.2. The van der Waals surface area contributed by atoms with E-state index in [4.69, 9.17) is 4.74 Å². The van der Waals surface area contributed by atoms with Gasteiger partial charge >= 0.3 is 0 Å². The molecule has 4 aromatic rings. The Kier molecular flexibility index (Phi) is 5.03. The topological polar surface area (TPSA) is 89.3 Å². The summed E-state index contributed by atoms with van der Waals surface area (Å²) < 4.78 is 7.76. The summed E-state index contributed by atoms with van der Waals surface area (Å²) in [5, 5.41) is 8.63. The number of carbonyl (C=O) groups is 2. The van der Waals surface area contributed by atoms with Crippen molar-refractivity contribution < 1.29 is 14.3 Å². The molecule has 0 bridgehead atoms. The minimum atomic E-state index is -0.251. The summed E-state index contributed by atoms with van der Waals surface area (Å²) in [5.41, 5.74) is 1.95. The summed E-state index contributed by atoms with van der Waals surface area (Å²) in [6.45, 7) is 1.50. The first-order chi connectivity index (χ1) is 15.1. The van der Waals surface area contributed by atoms with Gasteiger partial charge in [-0.3, -0.25) is 14.3 Å². The Hall–Kier alpha value is -3.46. The zero-order valence-electron chi connectivity index (χ0n) is 17.0. The zero-order chi connectivity index (χ0) is 21.4. The van der Waals surface area contributed by atoms with Gasteiger partial charge in [-0.25, -0.2) is 4.98 Å². The van der Waals surface area contributed by atoms with E-state index in [0.717, 1.165) is 52.8 Å². The molecule has 9 heteroatoms. The maximum atomic E-state index is 12.9. The maximum Gasteiger partial charge on any atom is 0.275 e. The molecule has 2 amide bonds. The molecule has 2 aromatic heterocycles. The van der Waals surface area contributed by atoms with E-state index in [1.54, 1.807) is 11.8 Å². The van der Waals surface area contributed by atoms with Gasteiger partial charge < -0.3 is 15.0 Å². The molecule has 8 nitrogen and oxygen atoms in total. The summed E-state index contributed by atoms with van der Waals surface area (Å²) in [6.07, 6.45) is 2.03. The normalized spacial score (nSPS) is 13.8. The Morgan fingerprint density at radius 3 is 2.77 bits per heavy atom. The molecule has 5 rings (SSSR count). The van der Waals surface area contributed by atoms with Crippen molar-refractivity contribution >= 4 is 49.4 Å². The number of benzene rings is 2. The first-order valence-electron chi connectivity index (χ1n) is 10.1. The van der Waals surface area contributed by atoms with Crippen molar-refractivity contribution in [2.75, 3.05) is 25.5 Å². The van der Waals surface area contributed by atoms with E-state index in [1.807, 2.05) is 47.4 Å². The highest BCUT2D eigenvalue weighted by atomic mass is 32.1. The molecule has 0 unspecified atom stereocenters. The number of anilines is 1. The zero-order valence-corrected chi connectivity index (χ0v) is 17.8. The van der Waals surface area contributed by atoms with Crippen LogP contribution in [0.4, 0.5) is 5.13 Å². The summed E-state index contributed by atoms with van der Waals surface area (Å²) >= 11 is 1.38. The molecule has 1 aliphatic heterocycles. The number of ether oxygens (including phenoxy) is 1. The smallest absolute Gasteiger partial charge is 0.275 e. The van der Waals surface area contributed by atoms with Crippen LogP contribution in [0, 0.1) is 0 Å². The first kappa shape index (κ1) is 19.5. The van der Waals surface area contributed by atoms with Crippen LogP contribution in [0.1, 0.15) is 23.3 Å². The molecule has 3 heterocycles. The summed E-state index contributed by atoms with van der Waals surface area (Å²) in [7, 11) is 1.61. The molecule has 1 fully saturated rings. The second kappa shape index (κ2) is 7.99. The average Bonchev–Trinajstić information content (AvgIpc) is 3.51. The largest absolute Gasteiger partial charge is 0.497 e. The van der Waals surface area contributed by atoms with Gasteiger partial charge in [-0.1, -0.05) is 29.5 Å². The third-order valence-electron chi connectivity index (χ3n) is 5.39. The molecule has 0 aliphatic carbocycles. The highest BCUT2D eigenvalue weighted by molar-refractivity contribution is 7.22. The van der Waals surface area contributed by atoms with Crippen LogP contribution in [0.5, 0.6) is 5.75 Å². The monoisotopic (exact) mass is 435 g/mol. The predicted molar refractivity (Wildman–Crippen MR) is 120 cm³/mol. The molecular formula is C22H21N5O3S. The lowest BCUT2D eigenvalue weighted by Crippen LogP contribution is -2.28. The molecule has 1 saturated heterocycles. The van der Waals surface area contributed by atoms with E-state index in [0.29, 0.717) is 10.8 Å². The number of hydrogen-bond donors (Lipinski definition) is 1. The fraction of sp³-hybridized carbons (Fsp3) is 0.273. The molecule has 0 spiro atoms. The van der Waals surface area contributed by atoms with Crippen LogP contribution in [0.15, 0.2) is 42.5 Å². The van der Waals surface area contributed by atoms with Crippen LogP contribution < -0.4 is 10.1 Å². The van der Waals surface area contributed by atoms with Crippen molar-refractivity contribution in [1.29, 1.82) is 0 Å². The van der Waals surface area contributed by atoms with E-state index in [-0.39, 0.29) is 18.4 Å². The van der Waals surface area contributed by atoms with Gasteiger partial charge in [-0.2, -0.15) is 5.10 Å². The van der Waals surface area contributed by atoms with E-state index in [9.17, 15) is 9.59 Å². The number of carbonyl (C=O) groups excluding carboxylic acids is 2. The average molecular weight is 436 g/mol. The Labute approximate surface area is 182 Å². The minimum Gasteiger partial charge on any atom is -0.497 e. The number of hydrogen-bond acceptors (Lipinski definition) is 6. The van der Waals surface area contributed by atoms with Crippen molar-refractivity contribution in [3.05, 3.63) is 48.2 Å². The van der Waals surface area contributed by atoms with Gasteiger partial charge in [0.2, 0.25) is 5.91 Å². The summed E-state index contributed by atoms with van der Waals surface area (Å²) in [5.74, 6) is 0.416. The number of methoxy groups -OCH3 is 1. The first-order valence-corrected chi connectivity index (χ1v) is 10.9.